The number of amides is 2. The number of benzene rings is 1. The molecule has 13 heavy (non-hydrogen) atoms. The molecule has 0 radical (unpaired) electrons. The molecule has 1 aliphatic heterocycles. The van der Waals surface area contributed by atoms with E-state index in [0.717, 1.165) is 0 Å². The number of carbonyl (C=O) groups excluding carboxylic acids is 2. The van der Waals surface area contributed by atoms with Gasteiger partial charge in [0.15, 0.2) is 0 Å². The Bertz CT molecular complexity index is 389. The summed E-state index contributed by atoms with van der Waals surface area (Å²) in [6.07, 6.45) is 0. The van der Waals surface area contributed by atoms with Crippen LogP contribution in [0.1, 0.15) is 20.7 Å². The molecular weight excluding hydrogens is 213 g/mol. The fraction of sp³-hybridized carbons (Fsp3) is 0. The van der Waals surface area contributed by atoms with Gasteiger partial charge in [-0.2, -0.15) is 0 Å². The van der Waals surface area contributed by atoms with E-state index in [4.69, 9.17) is 23.2 Å². The lowest BCUT2D eigenvalue weighted by molar-refractivity contribution is 0.0880. The first-order valence-corrected chi connectivity index (χ1v) is 4.20. The lowest BCUT2D eigenvalue weighted by Crippen LogP contribution is -2.20. The highest BCUT2D eigenvalue weighted by atomic mass is 35.5. The maximum Gasteiger partial charge on any atom is 0.260 e. The van der Waals surface area contributed by atoms with Gasteiger partial charge in [0.05, 0.1) is 21.2 Å². The summed E-state index contributed by atoms with van der Waals surface area (Å²) in [6.45, 7) is 0. The average Bonchev–Trinajstić information content (AvgIpc) is 2.36. The van der Waals surface area contributed by atoms with Gasteiger partial charge in [0.1, 0.15) is 0 Å². The first kappa shape index (κ1) is 8.53. The molecule has 0 atom stereocenters. The third kappa shape index (κ3) is 1.12. The Balaban J connectivity index is 2.81. The van der Waals surface area contributed by atoms with Gasteiger partial charge in [0, 0.05) is 0 Å². The molecule has 0 saturated heterocycles. The molecule has 0 saturated carbocycles. The summed E-state index contributed by atoms with van der Waals surface area (Å²) < 4.78 is 0. The van der Waals surface area contributed by atoms with E-state index in [2.05, 4.69) is 5.32 Å². The first-order chi connectivity index (χ1) is 6.11. The molecule has 0 fully saturated rings. The molecular formula is C8H3Cl2NO2. The van der Waals surface area contributed by atoms with Crippen LogP contribution in [-0.4, -0.2) is 11.8 Å². The normalized spacial score (nSPS) is 14.3. The molecule has 1 aromatic carbocycles. The highest BCUT2D eigenvalue weighted by molar-refractivity contribution is 6.41. The van der Waals surface area contributed by atoms with E-state index in [9.17, 15) is 9.59 Å². The Hall–Kier alpha value is -1.06. The number of nitrogens with one attached hydrogen (secondary N) is 1. The minimum Gasteiger partial charge on any atom is -0.288 e. The molecule has 0 aliphatic carbocycles. The van der Waals surface area contributed by atoms with E-state index in [-0.39, 0.29) is 21.2 Å². The number of halogens is 2. The Morgan fingerprint density at radius 2 is 1.31 bits per heavy atom. The highest BCUT2D eigenvalue weighted by Crippen LogP contribution is 2.29. The quantitative estimate of drug-likeness (QED) is 0.673. The van der Waals surface area contributed by atoms with Crippen molar-refractivity contribution in [3.8, 4) is 0 Å². The van der Waals surface area contributed by atoms with E-state index in [1.54, 1.807) is 0 Å². The van der Waals surface area contributed by atoms with Crippen molar-refractivity contribution in [3.05, 3.63) is 33.3 Å². The smallest absolute Gasteiger partial charge is 0.260 e. The van der Waals surface area contributed by atoms with Crippen LogP contribution >= 0.6 is 23.2 Å². The number of fused-ring (bicyclic) bond motifs is 1. The topological polar surface area (TPSA) is 46.2 Å². The second-order valence-electron chi connectivity index (χ2n) is 2.56. The molecule has 1 aromatic rings. The van der Waals surface area contributed by atoms with Crippen molar-refractivity contribution in [1.29, 1.82) is 0 Å². The van der Waals surface area contributed by atoms with E-state index in [1.165, 1.54) is 12.1 Å². The van der Waals surface area contributed by atoms with Crippen molar-refractivity contribution < 1.29 is 9.59 Å². The Morgan fingerprint density at radius 1 is 0.923 bits per heavy atom. The van der Waals surface area contributed by atoms with Gasteiger partial charge in [-0.25, -0.2) is 0 Å². The second kappa shape index (κ2) is 2.72. The van der Waals surface area contributed by atoms with Crippen molar-refractivity contribution in [2.24, 2.45) is 0 Å². The summed E-state index contributed by atoms with van der Waals surface area (Å²) in [6, 6.07) is 2.97. The maximum atomic E-state index is 11.2. The van der Waals surface area contributed by atoms with Crippen molar-refractivity contribution in [3.63, 3.8) is 0 Å². The molecule has 0 unspecified atom stereocenters. The monoisotopic (exact) mass is 215 g/mol. The van der Waals surface area contributed by atoms with Crippen LogP contribution in [0.2, 0.25) is 10.0 Å². The molecule has 2 amide bonds. The zero-order valence-corrected chi connectivity index (χ0v) is 7.74. The minimum atomic E-state index is -0.493. The van der Waals surface area contributed by atoms with Gasteiger partial charge in [-0.1, -0.05) is 23.2 Å². The SMILES string of the molecule is O=C1NC(=O)c2c(Cl)ccc(Cl)c21. The van der Waals surface area contributed by atoms with Gasteiger partial charge in [0.25, 0.3) is 11.8 Å². The van der Waals surface area contributed by atoms with Crippen LogP contribution in [-0.2, 0) is 0 Å². The molecule has 0 aromatic heterocycles. The predicted molar refractivity (Wildman–Crippen MR) is 48.3 cm³/mol. The predicted octanol–water partition coefficient (Wildman–Crippen LogP) is 1.88. The fourth-order valence-electron chi connectivity index (χ4n) is 1.22. The van der Waals surface area contributed by atoms with Crippen LogP contribution in [0.4, 0.5) is 0 Å². The van der Waals surface area contributed by atoms with Gasteiger partial charge in [-0.3, -0.25) is 14.9 Å². The van der Waals surface area contributed by atoms with Gasteiger partial charge in [0.2, 0.25) is 0 Å². The Labute approximate surface area is 83.6 Å². The Morgan fingerprint density at radius 3 is 1.69 bits per heavy atom. The number of imide groups is 1. The zero-order valence-electron chi connectivity index (χ0n) is 6.23. The van der Waals surface area contributed by atoms with Crippen LogP contribution in [0, 0.1) is 0 Å². The van der Waals surface area contributed by atoms with Crippen LogP contribution in [0.25, 0.3) is 0 Å². The van der Waals surface area contributed by atoms with Crippen LogP contribution in [0.3, 0.4) is 0 Å². The molecule has 5 heteroatoms. The lowest BCUT2D eigenvalue weighted by atomic mass is 10.1. The zero-order chi connectivity index (χ0) is 9.59. The molecule has 0 bridgehead atoms. The molecule has 3 nitrogen and oxygen atoms in total. The number of rotatable bonds is 0. The molecule has 66 valence electrons. The van der Waals surface area contributed by atoms with Gasteiger partial charge >= 0.3 is 0 Å². The number of carbonyl (C=O) groups is 2. The third-order valence-electron chi connectivity index (χ3n) is 1.78. The van der Waals surface area contributed by atoms with Crippen molar-refractivity contribution in [2.45, 2.75) is 0 Å². The van der Waals surface area contributed by atoms with Crippen molar-refractivity contribution in [2.75, 3.05) is 0 Å². The highest BCUT2D eigenvalue weighted by Gasteiger charge is 2.31. The minimum absolute atomic E-state index is 0.166. The third-order valence-corrected chi connectivity index (χ3v) is 2.41. The average molecular weight is 216 g/mol. The van der Waals surface area contributed by atoms with E-state index in [0.29, 0.717) is 0 Å². The standard InChI is InChI=1S/C8H3Cl2NO2/c9-3-1-2-4(10)6-5(3)7(12)11-8(6)13/h1-2H,(H,11,12,13). The van der Waals surface area contributed by atoms with Crippen molar-refractivity contribution in [1.82, 2.24) is 5.32 Å². The first-order valence-electron chi connectivity index (χ1n) is 3.45. The summed E-state index contributed by atoms with van der Waals surface area (Å²) in [5.41, 5.74) is 0.332. The maximum absolute atomic E-state index is 11.2. The van der Waals surface area contributed by atoms with Crippen molar-refractivity contribution >= 4 is 35.0 Å². The molecule has 1 aliphatic rings. The van der Waals surface area contributed by atoms with Crippen LogP contribution in [0.15, 0.2) is 12.1 Å². The number of hydrogen-bond donors (Lipinski definition) is 1. The molecule has 0 spiro atoms. The molecule has 1 N–H and O–H groups in total. The van der Waals surface area contributed by atoms with E-state index >= 15 is 0 Å². The van der Waals surface area contributed by atoms with Gasteiger partial charge in [-0.05, 0) is 12.1 Å². The van der Waals surface area contributed by atoms with Crippen LogP contribution in [0.5, 0.6) is 0 Å². The largest absolute Gasteiger partial charge is 0.288 e. The van der Waals surface area contributed by atoms with E-state index in [1.807, 2.05) is 0 Å². The number of hydrogen-bond acceptors (Lipinski definition) is 2. The Kier molecular flexibility index (Phi) is 1.78. The van der Waals surface area contributed by atoms with Gasteiger partial charge < -0.3 is 0 Å². The van der Waals surface area contributed by atoms with Crippen LogP contribution < -0.4 is 5.32 Å². The summed E-state index contributed by atoms with van der Waals surface area (Å²) in [5.74, 6) is -0.986. The molecule has 1 heterocycles. The molecule has 2 rings (SSSR count). The van der Waals surface area contributed by atoms with E-state index < -0.39 is 11.8 Å². The lowest BCUT2D eigenvalue weighted by Gasteiger charge is -1.98. The fourth-order valence-corrected chi connectivity index (χ4v) is 1.71. The summed E-state index contributed by atoms with van der Waals surface area (Å²) in [5, 5.41) is 2.59. The summed E-state index contributed by atoms with van der Waals surface area (Å²) in [7, 11) is 0. The second-order valence-corrected chi connectivity index (χ2v) is 3.38. The summed E-state index contributed by atoms with van der Waals surface area (Å²) in [4.78, 5) is 22.3. The summed E-state index contributed by atoms with van der Waals surface area (Å²) >= 11 is 11.5. The van der Waals surface area contributed by atoms with Gasteiger partial charge in [-0.15, -0.1) is 0 Å².